The molecule has 20 heavy (non-hydrogen) atoms. The van der Waals surface area contributed by atoms with E-state index in [1.165, 1.54) is 0 Å². The van der Waals surface area contributed by atoms with Gasteiger partial charge in [-0.3, -0.25) is 0 Å². The summed E-state index contributed by atoms with van der Waals surface area (Å²) in [5, 5.41) is 2.13. The van der Waals surface area contributed by atoms with Gasteiger partial charge in [-0.15, -0.1) is 0 Å². The molecule has 3 aromatic carbocycles. The monoisotopic (exact) mass is 260 g/mol. The Morgan fingerprint density at radius 1 is 0.900 bits per heavy atom. The summed E-state index contributed by atoms with van der Waals surface area (Å²) in [5.41, 5.74) is 9.12. The van der Waals surface area contributed by atoms with Crippen LogP contribution in [0.5, 0.6) is 0 Å². The third kappa shape index (κ3) is 1.57. The highest BCUT2D eigenvalue weighted by Crippen LogP contribution is 2.33. The Hall–Kier alpha value is -2.81. The van der Waals surface area contributed by atoms with Gasteiger partial charge in [-0.05, 0) is 23.6 Å². The highest BCUT2D eigenvalue weighted by Gasteiger charge is 2.13. The van der Waals surface area contributed by atoms with Crippen LogP contribution in [0.4, 0.5) is 5.69 Å². The largest absolute Gasteiger partial charge is 0.434 e. The van der Waals surface area contributed by atoms with E-state index in [1.54, 1.807) is 0 Å². The number of nitrogens with two attached hydrogens (primary N) is 1. The molecule has 0 aliphatic rings. The lowest BCUT2D eigenvalue weighted by Gasteiger charge is -1.99. The lowest BCUT2D eigenvalue weighted by atomic mass is 10.1. The summed E-state index contributed by atoms with van der Waals surface area (Å²) >= 11 is 0. The molecule has 0 aliphatic heterocycles. The van der Waals surface area contributed by atoms with Gasteiger partial charge in [0.05, 0.1) is 5.69 Å². The first-order valence-corrected chi connectivity index (χ1v) is 6.46. The van der Waals surface area contributed by atoms with Gasteiger partial charge in [0, 0.05) is 10.9 Å². The number of hydrogen-bond donors (Lipinski definition) is 1. The number of nitrogen functional groups attached to an aromatic ring is 1. The van der Waals surface area contributed by atoms with Gasteiger partial charge in [0.25, 0.3) is 0 Å². The summed E-state index contributed by atoms with van der Waals surface area (Å²) in [7, 11) is 0. The van der Waals surface area contributed by atoms with Crippen LogP contribution in [-0.4, -0.2) is 4.98 Å². The van der Waals surface area contributed by atoms with Gasteiger partial charge >= 0.3 is 0 Å². The number of anilines is 1. The van der Waals surface area contributed by atoms with Gasteiger partial charge in [-0.1, -0.05) is 42.5 Å². The SMILES string of the molecule is Nc1cc2ccccc2c2nc(-c3ccccc3)oc12. The minimum Gasteiger partial charge on any atom is -0.434 e. The molecular formula is C17H12N2O. The van der Waals surface area contributed by atoms with Crippen LogP contribution in [-0.2, 0) is 0 Å². The van der Waals surface area contributed by atoms with Crippen molar-refractivity contribution < 1.29 is 4.42 Å². The van der Waals surface area contributed by atoms with E-state index < -0.39 is 0 Å². The van der Waals surface area contributed by atoms with Crippen molar-refractivity contribution in [2.45, 2.75) is 0 Å². The number of hydrogen-bond acceptors (Lipinski definition) is 3. The van der Waals surface area contributed by atoms with E-state index in [2.05, 4.69) is 4.98 Å². The zero-order chi connectivity index (χ0) is 13.5. The lowest BCUT2D eigenvalue weighted by molar-refractivity contribution is 0.621. The van der Waals surface area contributed by atoms with E-state index in [0.29, 0.717) is 17.2 Å². The number of benzene rings is 3. The smallest absolute Gasteiger partial charge is 0.227 e. The molecule has 0 bridgehead atoms. The van der Waals surface area contributed by atoms with E-state index in [9.17, 15) is 0 Å². The third-order valence-corrected chi connectivity index (χ3v) is 3.44. The summed E-state index contributed by atoms with van der Waals surface area (Å²) in [5.74, 6) is 0.601. The molecule has 1 aromatic heterocycles. The van der Waals surface area contributed by atoms with E-state index in [0.717, 1.165) is 21.9 Å². The fraction of sp³-hybridized carbons (Fsp3) is 0. The number of rotatable bonds is 1. The molecule has 0 unspecified atom stereocenters. The molecule has 0 saturated carbocycles. The molecule has 96 valence electrons. The summed E-state index contributed by atoms with van der Waals surface area (Å²) in [6.07, 6.45) is 0. The quantitative estimate of drug-likeness (QED) is 0.521. The fourth-order valence-corrected chi connectivity index (χ4v) is 2.47. The maximum atomic E-state index is 6.08. The Bertz CT molecular complexity index is 910. The van der Waals surface area contributed by atoms with Crippen LogP contribution in [0.3, 0.4) is 0 Å². The van der Waals surface area contributed by atoms with Gasteiger partial charge in [0.2, 0.25) is 5.89 Å². The van der Waals surface area contributed by atoms with Crippen molar-refractivity contribution in [1.82, 2.24) is 4.98 Å². The Morgan fingerprint density at radius 2 is 1.65 bits per heavy atom. The molecule has 1 heterocycles. The van der Waals surface area contributed by atoms with E-state index in [1.807, 2.05) is 60.7 Å². The first-order valence-electron chi connectivity index (χ1n) is 6.46. The van der Waals surface area contributed by atoms with E-state index in [4.69, 9.17) is 10.2 Å². The lowest BCUT2D eigenvalue weighted by Crippen LogP contribution is -1.86. The molecule has 2 N–H and O–H groups in total. The maximum absolute atomic E-state index is 6.08. The number of fused-ring (bicyclic) bond motifs is 3. The predicted molar refractivity (Wildman–Crippen MR) is 81.4 cm³/mol. The standard InChI is InChI=1S/C17H12N2O/c18-14-10-12-8-4-5-9-13(12)15-16(14)20-17(19-15)11-6-2-1-3-7-11/h1-10H,18H2. The van der Waals surface area contributed by atoms with Crippen LogP contribution < -0.4 is 5.73 Å². The first kappa shape index (κ1) is 11.1. The van der Waals surface area contributed by atoms with Crippen molar-refractivity contribution in [3.05, 3.63) is 60.7 Å². The summed E-state index contributed by atoms with van der Waals surface area (Å²) < 4.78 is 5.86. The Labute approximate surface area is 115 Å². The molecule has 0 saturated heterocycles. The average Bonchev–Trinajstić information content (AvgIpc) is 2.94. The Balaban J connectivity index is 2.08. The van der Waals surface area contributed by atoms with Crippen molar-refractivity contribution in [2.75, 3.05) is 5.73 Å². The molecule has 0 aliphatic carbocycles. The van der Waals surface area contributed by atoms with E-state index >= 15 is 0 Å². The third-order valence-electron chi connectivity index (χ3n) is 3.44. The first-order chi connectivity index (χ1) is 9.83. The van der Waals surface area contributed by atoms with Crippen molar-refractivity contribution in [3.8, 4) is 11.5 Å². The molecule has 3 nitrogen and oxygen atoms in total. The molecule has 0 atom stereocenters. The van der Waals surface area contributed by atoms with Crippen molar-refractivity contribution in [3.63, 3.8) is 0 Å². The zero-order valence-electron chi connectivity index (χ0n) is 10.7. The number of nitrogens with zero attached hydrogens (tertiary/aromatic N) is 1. The zero-order valence-corrected chi connectivity index (χ0v) is 10.7. The fourth-order valence-electron chi connectivity index (χ4n) is 2.47. The van der Waals surface area contributed by atoms with Crippen LogP contribution in [0.25, 0.3) is 33.3 Å². The van der Waals surface area contributed by atoms with Crippen molar-refractivity contribution >= 4 is 27.6 Å². The molecular weight excluding hydrogens is 248 g/mol. The van der Waals surface area contributed by atoms with Crippen LogP contribution in [0.2, 0.25) is 0 Å². The predicted octanol–water partition coefficient (Wildman–Crippen LogP) is 4.23. The van der Waals surface area contributed by atoms with Crippen molar-refractivity contribution in [1.29, 1.82) is 0 Å². The summed E-state index contributed by atoms with van der Waals surface area (Å²) in [6.45, 7) is 0. The highest BCUT2D eigenvalue weighted by atomic mass is 16.3. The topological polar surface area (TPSA) is 52.0 Å². The second kappa shape index (κ2) is 4.10. The molecule has 0 fully saturated rings. The van der Waals surface area contributed by atoms with Gasteiger partial charge in [0.1, 0.15) is 5.52 Å². The van der Waals surface area contributed by atoms with Crippen LogP contribution >= 0.6 is 0 Å². The summed E-state index contributed by atoms with van der Waals surface area (Å²) in [4.78, 5) is 4.63. The molecule has 4 rings (SSSR count). The highest BCUT2D eigenvalue weighted by molar-refractivity contribution is 6.08. The minimum atomic E-state index is 0.601. The van der Waals surface area contributed by atoms with Gasteiger partial charge < -0.3 is 10.2 Å². The second-order valence-electron chi connectivity index (χ2n) is 4.75. The van der Waals surface area contributed by atoms with Gasteiger partial charge in [-0.2, -0.15) is 0 Å². The van der Waals surface area contributed by atoms with Gasteiger partial charge in [0.15, 0.2) is 5.58 Å². The summed E-state index contributed by atoms with van der Waals surface area (Å²) in [6, 6.07) is 19.8. The molecule has 3 heteroatoms. The molecule has 4 aromatic rings. The maximum Gasteiger partial charge on any atom is 0.227 e. The molecule has 0 amide bonds. The van der Waals surface area contributed by atoms with Crippen LogP contribution in [0.15, 0.2) is 65.1 Å². The average molecular weight is 260 g/mol. The normalized spacial score (nSPS) is 11.2. The molecule has 0 spiro atoms. The Morgan fingerprint density at radius 3 is 2.50 bits per heavy atom. The number of aromatic nitrogens is 1. The second-order valence-corrected chi connectivity index (χ2v) is 4.75. The van der Waals surface area contributed by atoms with Crippen molar-refractivity contribution in [2.24, 2.45) is 0 Å². The van der Waals surface area contributed by atoms with Crippen LogP contribution in [0, 0.1) is 0 Å². The Kier molecular flexibility index (Phi) is 2.27. The van der Waals surface area contributed by atoms with Crippen LogP contribution in [0.1, 0.15) is 0 Å². The molecule has 0 radical (unpaired) electrons. The minimum absolute atomic E-state index is 0.601. The van der Waals surface area contributed by atoms with E-state index in [-0.39, 0.29) is 0 Å². The number of oxazole rings is 1. The van der Waals surface area contributed by atoms with Gasteiger partial charge in [-0.25, -0.2) is 4.98 Å².